The van der Waals surface area contributed by atoms with Crippen LogP contribution in [0, 0.1) is 0 Å². The van der Waals surface area contributed by atoms with Crippen LogP contribution in [0.3, 0.4) is 0 Å². The number of esters is 1. The number of unbranched alkanes of at least 4 members (excludes halogenated alkanes) is 17. The van der Waals surface area contributed by atoms with Gasteiger partial charge in [-0.25, -0.2) is 4.79 Å². The second kappa shape index (κ2) is 23.0. The van der Waals surface area contributed by atoms with Crippen molar-refractivity contribution in [2.45, 2.75) is 122 Å². The highest BCUT2D eigenvalue weighted by atomic mass is 32.5. The number of hydrogen-bond acceptors (Lipinski definition) is 2. The molecule has 7 heteroatoms. The number of allylic oxidation sites excluding steroid dienone is 1. The summed E-state index contributed by atoms with van der Waals surface area (Å²) in [5.41, 5.74) is 0. The number of carbonyl (C=O) groups excluding carboxylic acids is 1. The van der Waals surface area contributed by atoms with Gasteiger partial charge in [-0.1, -0.05) is 109 Å². The van der Waals surface area contributed by atoms with Gasteiger partial charge in [0.15, 0.2) is 0 Å². The fourth-order valence-corrected chi connectivity index (χ4v) is 5.47. The summed E-state index contributed by atoms with van der Waals surface area (Å²) in [4.78, 5) is 37.8. The lowest BCUT2D eigenvalue weighted by atomic mass is 10.0. The van der Waals surface area contributed by atoms with Crippen LogP contribution in [0.4, 0.5) is 0 Å². The van der Waals surface area contributed by atoms with Crippen LogP contribution in [0.25, 0.3) is 0 Å². The zero-order chi connectivity index (χ0) is 23.0. The first kappa shape index (κ1) is 30.9. The molecule has 0 aromatic rings. The summed E-state index contributed by atoms with van der Waals surface area (Å²) in [5.74, 6) is 0.461. The molecule has 5 nitrogen and oxygen atoms in total. The van der Waals surface area contributed by atoms with E-state index < -0.39 is 6.72 Å². The van der Waals surface area contributed by atoms with Crippen LogP contribution >= 0.6 is 6.72 Å². The minimum Gasteiger partial charge on any atom is -0.463 e. The number of carbonyl (C=O) groups is 1. The van der Waals surface area contributed by atoms with Crippen LogP contribution in [-0.2, 0) is 20.5 Å². The quantitative estimate of drug-likeness (QED) is 0.0461. The summed E-state index contributed by atoms with van der Waals surface area (Å²) >= 11 is 0. The van der Waals surface area contributed by atoms with E-state index in [1.807, 2.05) is 6.92 Å². The van der Waals surface area contributed by atoms with Gasteiger partial charge in [0, 0.05) is 6.08 Å². The van der Waals surface area contributed by atoms with Gasteiger partial charge in [0.25, 0.3) is 6.72 Å². The van der Waals surface area contributed by atoms with Gasteiger partial charge in [-0.05, 0) is 25.5 Å². The van der Waals surface area contributed by atoms with Gasteiger partial charge in [0.05, 0.1) is 6.61 Å². The molecule has 0 aromatic heterocycles. The minimum atomic E-state index is -3.56. The van der Waals surface area contributed by atoms with E-state index in [2.05, 4.69) is 0 Å². The summed E-state index contributed by atoms with van der Waals surface area (Å²) in [5, 5.41) is 0. The lowest BCUT2D eigenvalue weighted by Crippen LogP contribution is -2.01. The van der Waals surface area contributed by atoms with Crippen molar-refractivity contribution in [3.63, 3.8) is 0 Å². The van der Waals surface area contributed by atoms with Crippen molar-refractivity contribution in [3.8, 4) is 0 Å². The average molecular weight is 481 g/mol. The Kier molecular flexibility index (Phi) is 22.9. The Bertz CT molecular complexity index is 482. The van der Waals surface area contributed by atoms with Crippen molar-refractivity contribution < 1.29 is 24.2 Å². The maximum absolute atomic E-state index is 11.1. The Hall–Kier alpha value is -0.130. The monoisotopic (exact) mass is 480 g/mol. The Morgan fingerprint density at radius 3 is 1.39 bits per heavy atom. The summed E-state index contributed by atoms with van der Waals surface area (Å²) in [6.45, 7) is -1.19. The number of rotatable bonds is 22. The highest BCUT2D eigenvalue weighted by molar-refractivity contribution is 8.16. The zero-order valence-corrected chi connectivity index (χ0v) is 21.6. The SMILES string of the molecule is CC=CC(=O)OCCCCCCCCCCCCCCCCCCCC[SH]=P(O)(O)O. The fraction of sp³-hybridized carbons (Fsp3) is 0.875. The van der Waals surface area contributed by atoms with Gasteiger partial charge < -0.3 is 19.4 Å². The van der Waals surface area contributed by atoms with Crippen LogP contribution in [0.1, 0.15) is 122 Å². The molecular formula is C24H49O5PS. The Balaban J connectivity index is 3.12. The van der Waals surface area contributed by atoms with E-state index in [0.29, 0.717) is 23.3 Å². The molecule has 0 heterocycles. The molecule has 0 aromatic carbocycles. The third kappa shape index (κ3) is 27.8. The molecule has 0 aliphatic rings. The van der Waals surface area contributed by atoms with Gasteiger partial charge in [0.2, 0.25) is 0 Å². The van der Waals surface area contributed by atoms with Crippen LogP contribution in [-0.4, -0.2) is 33.0 Å². The summed E-state index contributed by atoms with van der Waals surface area (Å²) in [7, 11) is 0.401. The normalized spacial score (nSPS) is 12.0. The summed E-state index contributed by atoms with van der Waals surface area (Å²) in [6, 6.07) is 0. The maximum atomic E-state index is 11.1. The Morgan fingerprint density at radius 2 is 1.03 bits per heavy atom. The van der Waals surface area contributed by atoms with Gasteiger partial charge in [-0.15, -0.1) is 10.9 Å². The fourth-order valence-electron chi connectivity index (χ4n) is 3.60. The first-order valence-electron chi connectivity index (χ1n) is 12.5. The molecule has 186 valence electrons. The van der Waals surface area contributed by atoms with Crippen LogP contribution in [0.15, 0.2) is 12.2 Å². The number of thiol groups is 1. The number of ether oxygens (including phenoxy) is 1. The smallest absolute Gasteiger partial charge is 0.330 e. The molecule has 0 spiro atoms. The van der Waals surface area contributed by atoms with E-state index in [0.717, 1.165) is 25.7 Å². The lowest BCUT2D eigenvalue weighted by Gasteiger charge is -2.04. The predicted octanol–water partition coefficient (Wildman–Crippen LogP) is 6.60. The zero-order valence-electron chi connectivity index (χ0n) is 19.8. The van der Waals surface area contributed by atoms with Gasteiger partial charge in [0.1, 0.15) is 0 Å². The molecule has 3 N–H and O–H groups in total. The minimum absolute atomic E-state index is 0.227. The van der Waals surface area contributed by atoms with E-state index in [1.54, 1.807) is 6.08 Å². The van der Waals surface area contributed by atoms with E-state index >= 15 is 0 Å². The standard InChI is InChI=1S/C24H49O5PS/c1-2-21-24(25)29-22-19-17-15-13-11-9-7-5-3-4-6-8-10-12-14-16-18-20-23-31-30(26,27)28/h2,21,26-28,31H,3-20,22-23H2,1H3. The molecule has 0 fully saturated rings. The third-order valence-electron chi connectivity index (χ3n) is 5.39. The molecule has 0 aliphatic carbocycles. The lowest BCUT2D eigenvalue weighted by molar-refractivity contribution is -0.137. The third-order valence-corrected chi connectivity index (χ3v) is 8.02. The van der Waals surface area contributed by atoms with Crippen LogP contribution in [0.2, 0.25) is 0 Å². The molecule has 0 radical (unpaired) electrons. The van der Waals surface area contributed by atoms with Crippen molar-refractivity contribution in [2.24, 2.45) is 0 Å². The Labute approximate surface area is 194 Å². The second-order valence-electron chi connectivity index (χ2n) is 8.43. The van der Waals surface area contributed by atoms with Crippen molar-refractivity contribution >= 4 is 23.6 Å². The number of hydrogen-bond donors (Lipinski definition) is 4. The first-order chi connectivity index (χ1) is 15.0. The van der Waals surface area contributed by atoms with Crippen molar-refractivity contribution in [1.82, 2.24) is 0 Å². The maximum Gasteiger partial charge on any atom is 0.330 e. The first-order valence-corrected chi connectivity index (χ1v) is 15.9. The summed E-state index contributed by atoms with van der Waals surface area (Å²) in [6.07, 6.45) is 26.0. The van der Waals surface area contributed by atoms with Gasteiger partial charge >= 0.3 is 5.97 Å². The highest BCUT2D eigenvalue weighted by Gasteiger charge is 2.00. The molecular weight excluding hydrogens is 431 g/mol. The summed E-state index contributed by atoms with van der Waals surface area (Å²) < 4.78 is 5.08. The molecule has 0 atom stereocenters. The molecule has 0 saturated carbocycles. The van der Waals surface area contributed by atoms with Crippen molar-refractivity contribution in [2.75, 3.05) is 12.4 Å². The molecule has 31 heavy (non-hydrogen) atoms. The largest absolute Gasteiger partial charge is 0.463 e. The molecule has 0 aliphatic heterocycles. The highest BCUT2D eigenvalue weighted by Crippen LogP contribution is 2.31. The molecule has 0 bridgehead atoms. The van der Waals surface area contributed by atoms with Crippen molar-refractivity contribution in [1.29, 1.82) is 0 Å². The van der Waals surface area contributed by atoms with Gasteiger partial charge in [-0.3, -0.25) is 0 Å². The second-order valence-corrected chi connectivity index (χ2v) is 12.7. The molecule has 0 unspecified atom stereocenters. The topological polar surface area (TPSA) is 87.0 Å². The van der Waals surface area contributed by atoms with Crippen LogP contribution < -0.4 is 0 Å². The molecule has 0 rings (SSSR count). The molecule has 0 amide bonds. The average Bonchev–Trinajstić information content (AvgIpc) is 2.71. The van der Waals surface area contributed by atoms with E-state index in [1.165, 1.54) is 96.0 Å². The van der Waals surface area contributed by atoms with Crippen LogP contribution in [0.5, 0.6) is 0 Å². The molecule has 0 saturated heterocycles. The van der Waals surface area contributed by atoms with Crippen molar-refractivity contribution in [3.05, 3.63) is 12.2 Å². The van der Waals surface area contributed by atoms with E-state index in [4.69, 9.17) is 19.4 Å². The predicted molar refractivity (Wildman–Crippen MR) is 136 cm³/mol. The Morgan fingerprint density at radius 1 is 0.677 bits per heavy atom. The van der Waals surface area contributed by atoms with E-state index in [9.17, 15) is 4.79 Å². The van der Waals surface area contributed by atoms with E-state index in [-0.39, 0.29) is 5.97 Å². The van der Waals surface area contributed by atoms with Gasteiger partial charge in [-0.2, -0.15) is 0 Å².